The summed E-state index contributed by atoms with van der Waals surface area (Å²) < 4.78 is 18.8. The first-order chi connectivity index (χ1) is 9.60. The van der Waals surface area contributed by atoms with E-state index in [0.29, 0.717) is 23.8 Å². The van der Waals surface area contributed by atoms with Crippen LogP contribution in [0.5, 0.6) is 0 Å². The van der Waals surface area contributed by atoms with Crippen LogP contribution >= 0.6 is 0 Å². The van der Waals surface area contributed by atoms with Crippen LogP contribution in [0.3, 0.4) is 0 Å². The van der Waals surface area contributed by atoms with Crippen LogP contribution in [0.15, 0.2) is 28.8 Å². The van der Waals surface area contributed by atoms with Gasteiger partial charge in [-0.1, -0.05) is 6.92 Å². The average molecular weight is 279 g/mol. The van der Waals surface area contributed by atoms with Gasteiger partial charge in [-0.15, -0.1) is 0 Å². The number of nitrogens with one attached hydrogen (secondary N) is 1. The van der Waals surface area contributed by atoms with Crippen molar-refractivity contribution in [2.24, 2.45) is 0 Å². The molecule has 0 saturated carbocycles. The number of hydrogen-bond donors (Lipinski definition) is 1. The maximum atomic E-state index is 13.4. The molecule has 0 fully saturated rings. The lowest BCUT2D eigenvalue weighted by Crippen LogP contribution is -2.13. The van der Waals surface area contributed by atoms with Crippen molar-refractivity contribution in [3.8, 4) is 11.3 Å². The van der Waals surface area contributed by atoms with Crippen molar-refractivity contribution in [1.29, 1.82) is 0 Å². The molecule has 0 unspecified atom stereocenters. The van der Waals surface area contributed by atoms with Crippen LogP contribution < -0.4 is 5.32 Å². The molecule has 2 rings (SSSR count). The minimum atomic E-state index is -0.684. The normalized spacial score (nSPS) is 10.7. The Morgan fingerprint density at radius 1 is 1.45 bits per heavy atom. The molecule has 0 aliphatic rings. The van der Waals surface area contributed by atoms with Gasteiger partial charge in [-0.05, 0) is 19.0 Å². The first-order valence-corrected chi connectivity index (χ1v) is 6.21. The lowest BCUT2D eigenvalue weighted by molar-refractivity contribution is -0.385. The maximum Gasteiger partial charge on any atom is 0.273 e. The summed E-state index contributed by atoms with van der Waals surface area (Å²) in [5, 5.41) is 13.8. The highest BCUT2D eigenvalue weighted by molar-refractivity contribution is 5.60. The molecule has 1 aromatic carbocycles. The number of benzene rings is 1. The number of oxazole rings is 1. The molecule has 6 nitrogen and oxygen atoms in total. The van der Waals surface area contributed by atoms with Crippen LogP contribution in [0.1, 0.15) is 19.2 Å². The van der Waals surface area contributed by atoms with Gasteiger partial charge in [0.1, 0.15) is 5.82 Å². The molecule has 0 aliphatic heterocycles. The van der Waals surface area contributed by atoms with E-state index in [1.54, 1.807) is 0 Å². The third kappa shape index (κ3) is 3.39. The molecular weight excluding hydrogens is 265 g/mol. The van der Waals surface area contributed by atoms with E-state index < -0.39 is 10.7 Å². The fourth-order valence-electron chi connectivity index (χ4n) is 1.72. The summed E-state index contributed by atoms with van der Waals surface area (Å²) in [5.41, 5.74) is -0.0204. The summed E-state index contributed by atoms with van der Waals surface area (Å²) in [4.78, 5) is 14.1. The third-order valence-corrected chi connectivity index (χ3v) is 2.63. The highest BCUT2D eigenvalue weighted by atomic mass is 19.1. The molecule has 0 bridgehead atoms. The molecule has 2 aromatic rings. The molecule has 0 spiro atoms. The summed E-state index contributed by atoms with van der Waals surface area (Å²) in [6.07, 6.45) is 2.42. The van der Waals surface area contributed by atoms with Crippen molar-refractivity contribution in [3.63, 3.8) is 0 Å². The van der Waals surface area contributed by atoms with Gasteiger partial charge in [0.05, 0.1) is 23.7 Å². The molecule has 0 saturated heterocycles. The van der Waals surface area contributed by atoms with E-state index in [1.807, 2.05) is 6.92 Å². The molecule has 0 atom stereocenters. The van der Waals surface area contributed by atoms with Gasteiger partial charge in [-0.25, -0.2) is 9.37 Å². The number of hydrogen-bond acceptors (Lipinski definition) is 5. The second kappa shape index (κ2) is 6.25. The molecule has 1 aromatic heterocycles. The van der Waals surface area contributed by atoms with Gasteiger partial charge < -0.3 is 9.73 Å². The van der Waals surface area contributed by atoms with Gasteiger partial charge in [0.15, 0.2) is 5.76 Å². The zero-order chi connectivity index (χ0) is 14.5. The van der Waals surface area contributed by atoms with Gasteiger partial charge in [0, 0.05) is 11.6 Å². The van der Waals surface area contributed by atoms with Gasteiger partial charge >= 0.3 is 0 Å². The summed E-state index contributed by atoms with van der Waals surface area (Å²) >= 11 is 0. The predicted molar refractivity (Wildman–Crippen MR) is 70.5 cm³/mol. The molecule has 1 N–H and O–H groups in total. The second-order valence-corrected chi connectivity index (χ2v) is 4.25. The van der Waals surface area contributed by atoms with Crippen molar-refractivity contribution in [2.45, 2.75) is 19.9 Å². The SMILES string of the molecule is CCCNCc1ncc(-c2cc(F)cc([N+](=O)[O-])c2)o1. The van der Waals surface area contributed by atoms with Gasteiger partial charge in [-0.3, -0.25) is 10.1 Å². The van der Waals surface area contributed by atoms with Gasteiger partial charge in [-0.2, -0.15) is 0 Å². The Labute approximate surface area is 114 Å². The first-order valence-electron chi connectivity index (χ1n) is 6.21. The molecule has 0 amide bonds. The van der Waals surface area contributed by atoms with E-state index in [1.165, 1.54) is 18.3 Å². The monoisotopic (exact) mass is 279 g/mol. The van der Waals surface area contributed by atoms with Crippen LogP contribution in [0.4, 0.5) is 10.1 Å². The molecule has 1 heterocycles. The number of aromatic nitrogens is 1. The third-order valence-electron chi connectivity index (χ3n) is 2.63. The Balaban J connectivity index is 2.21. The van der Waals surface area contributed by atoms with E-state index in [2.05, 4.69) is 10.3 Å². The summed E-state index contributed by atoms with van der Waals surface area (Å²) in [6, 6.07) is 3.30. The topological polar surface area (TPSA) is 81.2 Å². The highest BCUT2D eigenvalue weighted by Gasteiger charge is 2.14. The van der Waals surface area contributed by atoms with Crippen LogP contribution in [0.2, 0.25) is 0 Å². The predicted octanol–water partition coefficient (Wildman–Crippen LogP) is 2.89. The summed E-state index contributed by atoms with van der Waals surface area (Å²) in [5.74, 6) is 0.0810. The Bertz CT molecular complexity index is 613. The molecule has 0 radical (unpaired) electrons. The molecule has 106 valence electrons. The number of non-ortho nitro benzene ring substituents is 1. The number of nitrogens with zero attached hydrogens (tertiary/aromatic N) is 2. The van der Waals surface area contributed by atoms with Gasteiger partial charge in [0.2, 0.25) is 5.89 Å². The number of nitro benzene ring substituents is 1. The van der Waals surface area contributed by atoms with Crippen LogP contribution in [-0.4, -0.2) is 16.5 Å². The number of halogens is 1. The van der Waals surface area contributed by atoms with Crippen LogP contribution in [0.25, 0.3) is 11.3 Å². The smallest absolute Gasteiger partial charge is 0.273 e. The van der Waals surface area contributed by atoms with Crippen molar-refractivity contribution in [1.82, 2.24) is 10.3 Å². The van der Waals surface area contributed by atoms with Crippen LogP contribution in [-0.2, 0) is 6.54 Å². The van der Waals surface area contributed by atoms with E-state index >= 15 is 0 Å². The fraction of sp³-hybridized carbons (Fsp3) is 0.308. The lowest BCUT2D eigenvalue weighted by Gasteiger charge is -1.99. The standard InChI is InChI=1S/C13H14FN3O3/c1-2-3-15-8-13-16-7-12(20-13)9-4-10(14)6-11(5-9)17(18)19/h4-7,15H,2-3,8H2,1H3. The minimum Gasteiger partial charge on any atom is -0.439 e. The van der Waals surface area contributed by atoms with Gasteiger partial charge in [0.25, 0.3) is 5.69 Å². The number of rotatable bonds is 6. The van der Waals surface area contributed by atoms with Crippen molar-refractivity contribution >= 4 is 5.69 Å². The fourth-order valence-corrected chi connectivity index (χ4v) is 1.72. The summed E-state index contributed by atoms with van der Waals surface area (Å²) in [6.45, 7) is 3.34. The van der Waals surface area contributed by atoms with Crippen molar-refractivity contribution < 1.29 is 13.7 Å². The molecule has 20 heavy (non-hydrogen) atoms. The van der Waals surface area contributed by atoms with E-state index in [-0.39, 0.29) is 5.69 Å². The second-order valence-electron chi connectivity index (χ2n) is 4.25. The quantitative estimate of drug-likeness (QED) is 0.499. The largest absolute Gasteiger partial charge is 0.439 e. The Kier molecular flexibility index (Phi) is 4.41. The van der Waals surface area contributed by atoms with Crippen molar-refractivity contribution in [2.75, 3.05) is 6.54 Å². The Morgan fingerprint density at radius 2 is 2.25 bits per heavy atom. The average Bonchev–Trinajstić information content (AvgIpc) is 2.87. The van der Waals surface area contributed by atoms with Crippen molar-refractivity contribution in [3.05, 3.63) is 46.2 Å². The highest BCUT2D eigenvalue weighted by Crippen LogP contribution is 2.26. The van der Waals surface area contributed by atoms with E-state index in [0.717, 1.165) is 19.0 Å². The minimum absolute atomic E-state index is 0.297. The molecular formula is C13H14FN3O3. The van der Waals surface area contributed by atoms with E-state index in [4.69, 9.17) is 4.42 Å². The first kappa shape index (κ1) is 14.1. The Hall–Kier alpha value is -2.28. The molecule has 0 aliphatic carbocycles. The maximum absolute atomic E-state index is 13.4. The zero-order valence-electron chi connectivity index (χ0n) is 10.9. The van der Waals surface area contributed by atoms with Crippen LogP contribution in [0, 0.1) is 15.9 Å². The molecule has 7 heteroatoms. The summed E-state index contributed by atoms with van der Waals surface area (Å²) in [7, 11) is 0. The number of nitro groups is 1. The Morgan fingerprint density at radius 3 is 2.95 bits per heavy atom. The lowest BCUT2D eigenvalue weighted by atomic mass is 10.1. The van der Waals surface area contributed by atoms with E-state index in [9.17, 15) is 14.5 Å². The zero-order valence-corrected chi connectivity index (χ0v) is 10.9.